The Kier molecular flexibility index (Phi) is 16.1. The lowest BCUT2D eigenvalue weighted by Gasteiger charge is -2.18. The number of aliphatic hydroxyl groups is 2. The number of rotatable bonds is 19. The summed E-state index contributed by atoms with van der Waals surface area (Å²) in [5.41, 5.74) is 0. The van der Waals surface area contributed by atoms with E-state index in [2.05, 4.69) is 11.4 Å². The Morgan fingerprint density at radius 2 is 1.81 bits per heavy atom. The number of hydrogen-bond donors (Lipinski definition) is 4. The van der Waals surface area contributed by atoms with Gasteiger partial charge in [0, 0.05) is 31.6 Å². The van der Waals surface area contributed by atoms with Crippen LogP contribution in [0.3, 0.4) is 0 Å². The number of esters is 2. The third kappa shape index (κ3) is 15.4. The first kappa shape index (κ1) is 33.4. The number of phosphoric acid groups is 1. The number of ketones is 1. The van der Waals surface area contributed by atoms with Gasteiger partial charge in [0.05, 0.1) is 18.8 Å². The normalized spacial score (nSPS) is 21.8. The second kappa shape index (κ2) is 17.8. The van der Waals surface area contributed by atoms with E-state index in [0.29, 0.717) is 19.3 Å². The number of unbranched alkanes of at least 4 members (excludes halogenated alkanes) is 5. The standard InChI is InChI=1S/C25H43O11P/c1-3-4-7-10-19(27)13-14-22-21(23(28)15-24(22)29)11-8-5-6-9-12-25(30)34-16-20(36-18(2)26)17-35-37(31,32)33/h13-14,19-22,24,27,29H,3-12,15-17H2,1-2H3,(H2,31,32,33)/b14-13+/t19-,20+,21+,22+,24+/m0/s1. The first-order chi connectivity index (χ1) is 17.4. The lowest BCUT2D eigenvalue weighted by Crippen LogP contribution is -2.28. The summed E-state index contributed by atoms with van der Waals surface area (Å²) in [4.78, 5) is 52.9. The largest absolute Gasteiger partial charge is 0.469 e. The maximum Gasteiger partial charge on any atom is 0.469 e. The highest BCUT2D eigenvalue weighted by Gasteiger charge is 2.39. The fourth-order valence-electron chi connectivity index (χ4n) is 4.32. The van der Waals surface area contributed by atoms with Gasteiger partial charge in [-0.05, 0) is 19.3 Å². The lowest BCUT2D eigenvalue weighted by atomic mass is 9.88. The third-order valence-corrected chi connectivity index (χ3v) is 6.71. The van der Waals surface area contributed by atoms with Crippen LogP contribution in [0.4, 0.5) is 0 Å². The van der Waals surface area contributed by atoms with Crippen LogP contribution in [0.25, 0.3) is 0 Å². The molecule has 0 aromatic heterocycles. The summed E-state index contributed by atoms with van der Waals surface area (Å²) < 4.78 is 25.0. The summed E-state index contributed by atoms with van der Waals surface area (Å²) in [5.74, 6) is -1.76. The first-order valence-corrected chi connectivity index (χ1v) is 14.6. The molecule has 0 heterocycles. The third-order valence-electron chi connectivity index (χ3n) is 6.23. The summed E-state index contributed by atoms with van der Waals surface area (Å²) >= 11 is 0. The zero-order chi connectivity index (χ0) is 27.8. The highest BCUT2D eigenvalue weighted by molar-refractivity contribution is 7.46. The second-order valence-corrected chi connectivity index (χ2v) is 10.8. The van der Waals surface area contributed by atoms with E-state index in [4.69, 9.17) is 19.3 Å². The van der Waals surface area contributed by atoms with Crippen LogP contribution in [0.15, 0.2) is 12.2 Å². The fraction of sp³-hybridized carbons (Fsp3) is 0.800. The van der Waals surface area contributed by atoms with Crippen LogP contribution in [0, 0.1) is 11.8 Å². The molecule has 1 rings (SSSR count). The maximum atomic E-state index is 12.4. The van der Waals surface area contributed by atoms with Crippen molar-refractivity contribution in [3.63, 3.8) is 0 Å². The van der Waals surface area contributed by atoms with Crippen molar-refractivity contribution in [2.75, 3.05) is 13.2 Å². The molecule has 1 fully saturated rings. The van der Waals surface area contributed by atoms with Gasteiger partial charge in [0.15, 0.2) is 6.10 Å². The predicted molar refractivity (Wildman–Crippen MR) is 134 cm³/mol. The number of ether oxygens (including phenoxy) is 2. The topological polar surface area (TPSA) is 177 Å². The predicted octanol–water partition coefficient (Wildman–Crippen LogP) is 2.97. The highest BCUT2D eigenvalue weighted by Crippen LogP contribution is 2.36. The van der Waals surface area contributed by atoms with Crippen molar-refractivity contribution in [3.8, 4) is 0 Å². The van der Waals surface area contributed by atoms with E-state index in [1.54, 1.807) is 12.2 Å². The lowest BCUT2D eigenvalue weighted by molar-refractivity contribution is -0.159. The Balaban J connectivity index is 2.32. The molecule has 1 aliphatic rings. The number of aliphatic hydroxyl groups excluding tert-OH is 2. The number of Topliss-reactive ketones (excluding diaryl/α,β-unsaturated/α-hetero) is 1. The molecule has 37 heavy (non-hydrogen) atoms. The van der Waals surface area contributed by atoms with Crippen LogP contribution < -0.4 is 0 Å². The van der Waals surface area contributed by atoms with Gasteiger partial charge in [-0.15, -0.1) is 0 Å². The zero-order valence-corrected chi connectivity index (χ0v) is 22.7. The molecule has 1 aliphatic carbocycles. The summed E-state index contributed by atoms with van der Waals surface area (Å²) in [6.45, 7) is 2.22. The Hall–Kier alpha value is -1.62. The Morgan fingerprint density at radius 3 is 2.46 bits per heavy atom. The van der Waals surface area contributed by atoms with Gasteiger partial charge in [-0.1, -0.05) is 57.6 Å². The molecule has 4 N–H and O–H groups in total. The molecule has 0 radical (unpaired) electrons. The molecular weight excluding hydrogens is 507 g/mol. The number of carbonyl (C=O) groups excluding carboxylic acids is 3. The van der Waals surface area contributed by atoms with E-state index in [1.165, 1.54) is 0 Å². The van der Waals surface area contributed by atoms with E-state index in [0.717, 1.165) is 45.4 Å². The van der Waals surface area contributed by atoms with Crippen molar-refractivity contribution in [1.29, 1.82) is 0 Å². The fourth-order valence-corrected chi connectivity index (χ4v) is 4.69. The quantitative estimate of drug-likeness (QED) is 0.0804. The molecule has 5 atom stereocenters. The molecule has 0 unspecified atom stereocenters. The van der Waals surface area contributed by atoms with Gasteiger partial charge < -0.3 is 29.5 Å². The molecule has 1 saturated carbocycles. The van der Waals surface area contributed by atoms with Crippen LogP contribution in [0.2, 0.25) is 0 Å². The Bertz CT molecular complexity index is 779. The number of phosphoric ester groups is 1. The van der Waals surface area contributed by atoms with Gasteiger partial charge in [0.25, 0.3) is 0 Å². The van der Waals surface area contributed by atoms with E-state index in [-0.39, 0.29) is 37.1 Å². The monoisotopic (exact) mass is 550 g/mol. The van der Waals surface area contributed by atoms with E-state index >= 15 is 0 Å². The average Bonchev–Trinajstić information content (AvgIpc) is 3.07. The van der Waals surface area contributed by atoms with E-state index in [9.17, 15) is 29.2 Å². The minimum atomic E-state index is -4.75. The van der Waals surface area contributed by atoms with Crippen LogP contribution in [-0.2, 0) is 32.9 Å². The van der Waals surface area contributed by atoms with Gasteiger partial charge in [0.1, 0.15) is 12.4 Å². The minimum absolute atomic E-state index is 0.0382. The average molecular weight is 551 g/mol. The van der Waals surface area contributed by atoms with Crippen molar-refractivity contribution < 1.29 is 52.9 Å². The van der Waals surface area contributed by atoms with Gasteiger partial charge in [-0.25, -0.2) is 4.57 Å². The zero-order valence-electron chi connectivity index (χ0n) is 21.8. The summed E-state index contributed by atoms with van der Waals surface area (Å²) in [6, 6.07) is 0. The number of carbonyl (C=O) groups is 3. The van der Waals surface area contributed by atoms with Gasteiger partial charge in [-0.2, -0.15) is 0 Å². The van der Waals surface area contributed by atoms with Crippen LogP contribution >= 0.6 is 7.82 Å². The molecule has 0 aliphatic heterocycles. The van der Waals surface area contributed by atoms with Crippen LogP contribution in [0.1, 0.15) is 84.5 Å². The first-order valence-electron chi connectivity index (χ1n) is 13.0. The van der Waals surface area contributed by atoms with E-state index < -0.39 is 44.7 Å². The Morgan fingerprint density at radius 1 is 1.11 bits per heavy atom. The van der Waals surface area contributed by atoms with Crippen molar-refractivity contribution >= 4 is 25.5 Å². The summed E-state index contributed by atoms with van der Waals surface area (Å²) in [7, 11) is -4.75. The molecular formula is C25H43O11P. The second-order valence-electron chi connectivity index (χ2n) is 9.52. The minimum Gasteiger partial charge on any atom is -0.462 e. The van der Waals surface area contributed by atoms with Crippen LogP contribution in [-0.4, -0.2) is 69.2 Å². The van der Waals surface area contributed by atoms with Crippen LogP contribution in [0.5, 0.6) is 0 Å². The van der Waals surface area contributed by atoms with E-state index in [1.807, 2.05) is 0 Å². The maximum absolute atomic E-state index is 12.4. The van der Waals surface area contributed by atoms with Gasteiger partial charge in [-0.3, -0.25) is 18.9 Å². The molecule has 0 aromatic rings. The van der Waals surface area contributed by atoms with Crippen molar-refractivity contribution in [2.45, 2.75) is 103 Å². The van der Waals surface area contributed by atoms with Gasteiger partial charge in [0.2, 0.25) is 0 Å². The van der Waals surface area contributed by atoms with Crippen molar-refractivity contribution in [3.05, 3.63) is 12.2 Å². The molecule has 0 spiro atoms. The van der Waals surface area contributed by atoms with Crippen molar-refractivity contribution in [2.24, 2.45) is 11.8 Å². The molecule has 0 saturated heterocycles. The smallest absolute Gasteiger partial charge is 0.462 e. The molecule has 11 nitrogen and oxygen atoms in total. The highest BCUT2D eigenvalue weighted by atomic mass is 31.2. The Labute approximate surface area is 218 Å². The van der Waals surface area contributed by atoms with Gasteiger partial charge >= 0.3 is 19.8 Å². The number of hydrogen-bond acceptors (Lipinski definition) is 9. The summed E-state index contributed by atoms with van der Waals surface area (Å²) in [6.07, 6.45) is 8.49. The molecule has 0 aromatic carbocycles. The molecule has 0 amide bonds. The summed E-state index contributed by atoms with van der Waals surface area (Å²) in [5, 5.41) is 20.4. The molecule has 214 valence electrons. The molecule has 0 bridgehead atoms. The SMILES string of the molecule is CCCCC[C@H](O)/C=C/[C@H]1[C@H](O)CC(=O)[C@@H]1CCCCCCC(=O)OC[C@H](COP(=O)(O)O)OC(C)=O. The van der Waals surface area contributed by atoms with Crippen molar-refractivity contribution in [1.82, 2.24) is 0 Å². The molecule has 12 heteroatoms.